The second-order valence-corrected chi connectivity index (χ2v) is 5.32. The quantitative estimate of drug-likeness (QED) is 0.446. The molecule has 3 rings (SSSR count). The second-order valence-electron chi connectivity index (χ2n) is 4.22. The van der Waals surface area contributed by atoms with Crippen molar-refractivity contribution in [1.29, 1.82) is 0 Å². The van der Waals surface area contributed by atoms with Crippen molar-refractivity contribution >= 4 is 29.5 Å². The third-order valence-corrected chi connectivity index (χ3v) is 4.37. The van der Waals surface area contributed by atoms with E-state index in [0.29, 0.717) is 11.3 Å². The molecule has 3 heterocycles. The molecule has 3 aliphatic heterocycles. The molecule has 0 saturated carbocycles. The van der Waals surface area contributed by atoms with Crippen LogP contribution in [0.4, 0.5) is 0 Å². The summed E-state index contributed by atoms with van der Waals surface area (Å²) in [5.41, 5.74) is 0.564. The minimum atomic E-state index is -1.26. The number of nitrogens with zero attached hydrogens (tertiary/aromatic N) is 1. The number of aliphatic hydroxyl groups excluding tert-OH is 1. The maximum Gasteiger partial charge on any atom is 0.357 e. The first kappa shape index (κ1) is 11.5. The molecular formula is C10H10N2O5S. The number of fused-ring (bicyclic) bond motifs is 2. The zero-order chi connectivity index (χ0) is 13.0. The first-order valence-electron chi connectivity index (χ1n) is 5.34. The second kappa shape index (κ2) is 3.72. The summed E-state index contributed by atoms with van der Waals surface area (Å²) in [5, 5.41) is 11.8. The number of esters is 1. The molecule has 3 aliphatic rings. The van der Waals surface area contributed by atoms with Gasteiger partial charge in [-0.25, -0.2) is 4.79 Å². The summed E-state index contributed by atoms with van der Waals surface area (Å²) in [6.07, 6.45) is -1.26. The Balaban J connectivity index is 1.88. The molecule has 0 aromatic heterocycles. The van der Waals surface area contributed by atoms with Crippen LogP contribution < -0.4 is 5.32 Å². The van der Waals surface area contributed by atoms with E-state index in [9.17, 15) is 19.5 Å². The van der Waals surface area contributed by atoms with E-state index in [0.717, 1.165) is 0 Å². The van der Waals surface area contributed by atoms with Gasteiger partial charge in [0.2, 0.25) is 12.2 Å². The molecule has 1 saturated heterocycles. The molecule has 96 valence electrons. The highest BCUT2D eigenvalue weighted by molar-refractivity contribution is 8.00. The lowest BCUT2D eigenvalue weighted by molar-refractivity contribution is -0.157. The van der Waals surface area contributed by atoms with E-state index < -0.39 is 18.3 Å². The highest BCUT2D eigenvalue weighted by atomic mass is 32.2. The molecule has 8 heteroatoms. The van der Waals surface area contributed by atoms with Gasteiger partial charge >= 0.3 is 5.97 Å². The van der Waals surface area contributed by atoms with Gasteiger partial charge in [0, 0.05) is 18.2 Å². The van der Waals surface area contributed by atoms with E-state index in [4.69, 9.17) is 0 Å². The molecule has 3 atom stereocenters. The van der Waals surface area contributed by atoms with Crippen LogP contribution in [-0.2, 0) is 19.1 Å². The number of nitrogens with one attached hydrogen (secondary N) is 1. The third kappa shape index (κ3) is 1.39. The predicted molar refractivity (Wildman–Crippen MR) is 59.8 cm³/mol. The van der Waals surface area contributed by atoms with Crippen LogP contribution in [0.5, 0.6) is 0 Å². The van der Waals surface area contributed by atoms with E-state index in [1.165, 1.54) is 23.6 Å². The molecule has 2 N–H and O–H groups in total. The van der Waals surface area contributed by atoms with Crippen molar-refractivity contribution in [3.8, 4) is 0 Å². The maximum atomic E-state index is 11.9. The average Bonchev–Trinajstić information content (AvgIpc) is 2.60. The van der Waals surface area contributed by atoms with Gasteiger partial charge in [-0.1, -0.05) is 0 Å². The number of cyclic esters (lactones) is 1. The smallest absolute Gasteiger partial charge is 0.357 e. The highest BCUT2D eigenvalue weighted by Crippen LogP contribution is 2.43. The highest BCUT2D eigenvalue weighted by Gasteiger charge is 2.56. The van der Waals surface area contributed by atoms with Gasteiger partial charge in [-0.15, -0.1) is 11.8 Å². The van der Waals surface area contributed by atoms with Crippen molar-refractivity contribution in [2.45, 2.75) is 24.6 Å². The number of aliphatic hydroxyl groups is 1. The molecule has 2 amide bonds. The van der Waals surface area contributed by atoms with Crippen LogP contribution in [0.25, 0.3) is 0 Å². The maximum absolute atomic E-state index is 11.9. The molecule has 3 unspecified atom stereocenters. The molecule has 1 fully saturated rings. The number of β-lactam (4-membered cyclic amide) rings is 1. The number of thioether (sulfide) groups is 1. The Kier molecular flexibility index (Phi) is 2.39. The first-order chi connectivity index (χ1) is 8.50. The average molecular weight is 270 g/mol. The number of hydrogen-bond acceptors (Lipinski definition) is 6. The van der Waals surface area contributed by atoms with E-state index in [1.807, 2.05) is 0 Å². The van der Waals surface area contributed by atoms with Gasteiger partial charge in [0.15, 0.2) is 0 Å². The zero-order valence-corrected chi connectivity index (χ0v) is 10.2. The molecule has 7 nitrogen and oxygen atoms in total. The van der Waals surface area contributed by atoms with Crippen LogP contribution in [0.15, 0.2) is 11.3 Å². The summed E-state index contributed by atoms with van der Waals surface area (Å²) >= 11 is 1.39. The summed E-state index contributed by atoms with van der Waals surface area (Å²) in [5.74, 6) is -0.909. The SMILES string of the molecule is CC(=O)NC1C(=O)N2C3=C(CSC12)C(O)OC3=O. The fourth-order valence-electron chi connectivity index (χ4n) is 2.27. The standard InChI is InChI=1S/C10H10N2O5S/c1-3(13)11-5-7(14)12-6-4(2-18-8(5)12)9(15)17-10(6)16/h5,8-9,15H,2H2,1H3,(H,11,13). The summed E-state index contributed by atoms with van der Waals surface area (Å²) in [4.78, 5) is 35.7. The monoisotopic (exact) mass is 270 g/mol. The summed E-state index contributed by atoms with van der Waals surface area (Å²) in [6.45, 7) is 1.34. The molecule has 0 spiro atoms. The number of hydrogen-bond donors (Lipinski definition) is 2. The van der Waals surface area contributed by atoms with E-state index >= 15 is 0 Å². The lowest BCUT2D eigenvalue weighted by Gasteiger charge is -2.48. The van der Waals surface area contributed by atoms with Crippen LogP contribution in [0.1, 0.15) is 6.92 Å². The van der Waals surface area contributed by atoms with Crippen LogP contribution >= 0.6 is 11.8 Å². The van der Waals surface area contributed by atoms with Gasteiger partial charge in [0.25, 0.3) is 5.91 Å². The van der Waals surface area contributed by atoms with Crippen molar-refractivity contribution in [3.05, 3.63) is 11.3 Å². The Bertz CT molecular complexity index is 502. The number of ether oxygens (including phenoxy) is 1. The number of carbonyl (C=O) groups excluding carboxylic acids is 3. The number of amides is 2. The van der Waals surface area contributed by atoms with Gasteiger partial charge in [0.05, 0.1) is 0 Å². The molecular weight excluding hydrogens is 260 g/mol. The lowest BCUT2D eigenvalue weighted by Crippen LogP contribution is -2.70. The Hall–Kier alpha value is -1.54. The first-order valence-corrected chi connectivity index (χ1v) is 6.39. The van der Waals surface area contributed by atoms with Crippen molar-refractivity contribution < 1.29 is 24.2 Å². The van der Waals surface area contributed by atoms with Gasteiger partial charge in [-0.3, -0.25) is 14.5 Å². The van der Waals surface area contributed by atoms with Gasteiger partial charge in [0.1, 0.15) is 17.1 Å². The Labute approximate surface area is 106 Å². The van der Waals surface area contributed by atoms with Gasteiger partial charge in [-0.2, -0.15) is 0 Å². The largest absolute Gasteiger partial charge is 0.427 e. The van der Waals surface area contributed by atoms with Crippen LogP contribution in [0.3, 0.4) is 0 Å². The molecule has 0 aromatic rings. The molecule has 18 heavy (non-hydrogen) atoms. The Morgan fingerprint density at radius 2 is 2.28 bits per heavy atom. The minimum Gasteiger partial charge on any atom is -0.427 e. The van der Waals surface area contributed by atoms with Crippen LogP contribution in [0, 0.1) is 0 Å². The fourth-order valence-corrected chi connectivity index (χ4v) is 3.63. The third-order valence-electron chi connectivity index (χ3n) is 3.07. The summed E-state index contributed by atoms with van der Waals surface area (Å²) < 4.78 is 4.67. The fraction of sp³-hybridized carbons (Fsp3) is 0.500. The molecule has 0 radical (unpaired) electrons. The number of rotatable bonds is 1. The number of carbonyl (C=O) groups is 3. The van der Waals surface area contributed by atoms with Crippen LogP contribution in [-0.4, -0.2) is 51.2 Å². The predicted octanol–water partition coefficient (Wildman–Crippen LogP) is -1.46. The van der Waals surface area contributed by atoms with Crippen molar-refractivity contribution in [2.24, 2.45) is 0 Å². The van der Waals surface area contributed by atoms with Gasteiger partial charge in [-0.05, 0) is 0 Å². The summed E-state index contributed by atoms with van der Waals surface area (Å²) in [7, 11) is 0. The van der Waals surface area contributed by atoms with E-state index in [-0.39, 0.29) is 22.9 Å². The Morgan fingerprint density at radius 1 is 1.56 bits per heavy atom. The topological polar surface area (TPSA) is 95.9 Å². The lowest BCUT2D eigenvalue weighted by atomic mass is 10.0. The summed E-state index contributed by atoms with van der Waals surface area (Å²) in [6, 6.07) is -0.605. The molecule has 0 aromatic carbocycles. The zero-order valence-electron chi connectivity index (χ0n) is 9.37. The molecule has 0 aliphatic carbocycles. The van der Waals surface area contributed by atoms with Gasteiger partial charge < -0.3 is 15.2 Å². The van der Waals surface area contributed by atoms with Crippen molar-refractivity contribution in [1.82, 2.24) is 10.2 Å². The van der Waals surface area contributed by atoms with Crippen molar-refractivity contribution in [2.75, 3.05) is 5.75 Å². The van der Waals surface area contributed by atoms with Crippen LogP contribution in [0.2, 0.25) is 0 Å². The Morgan fingerprint density at radius 3 is 2.94 bits per heavy atom. The normalized spacial score (nSPS) is 33.7. The molecule has 0 bridgehead atoms. The van der Waals surface area contributed by atoms with E-state index in [2.05, 4.69) is 10.1 Å². The van der Waals surface area contributed by atoms with E-state index in [1.54, 1.807) is 0 Å². The van der Waals surface area contributed by atoms with Crippen molar-refractivity contribution in [3.63, 3.8) is 0 Å². The minimum absolute atomic E-state index is 0.137.